The van der Waals surface area contributed by atoms with Gasteiger partial charge in [0, 0.05) is 11.1 Å². The Labute approximate surface area is 79.3 Å². The molecule has 13 heavy (non-hydrogen) atoms. The van der Waals surface area contributed by atoms with E-state index < -0.39 is 17.1 Å². The van der Waals surface area contributed by atoms with E-state index in [1.165, 1.54) is 12.2 Å². The van der Waals surface area contributed by atoms with Gasteiger partial charge >= 0.3 is 5.79 Å². The quantitative estimate of drug-likeness (QED) is 0.393. The minimum Gasteiger partial charge on any atom is -0.261 e. The summed E-state index contributed by atoms with van der Waals surface area (Å²) in [7, 11) is 0. The van der Waals surface area contributed by atoms with Gasteiger partial charge in [-0.1, -0.05) is 24.3 Å². The Morgan fingerprint density at radius 2 is 2.46 bits per heavy atom. The summed E-state index contributed by atoms with van der Waals surface area (Å²) in [6, 6.07) is 0. The molecule has 1 rings (SSSR count). The summed E-state index contributed by atoms with van der Waals surface area (Å²) in [5.74, 6) is -2.57. The molecule has 0 saturated carbocycles. The van der Waals surface area contributed by atoms with Crippen molar-refractivity contribution in [3.63, 3.8) is 0 Å². The van der Waals surface area contributed by atoms with Crippen molar-refractivity contribution >= 4 is 11.6 Å². The molecule has 1 aliphatic rings. The van der Waals surface area contributed by atoms with E-state index in [0.717, 1.165) is 6.08 Å². The van der Waals surface area contributed by atoms with Gasteiger partial charge < -0.3 is 0 Å². The molecule has 0 heterocycles. The van der Waals surface area contributed by atoms with Gasteiger partial charge in [0.2, 0.25) is 0 Å². The summed E-state index contributed by atoms with van der Waals surface area (Å²) >= 11 is 5.62. The van der Waals surface area contributed by atoms with Gasteiger partial charge in [-0.3, -0.25) is 10.1 Å². The van der Waals surface area contributed by atoms with Gasteiger partial charge in [-0.25, -0.2) is 0 Å². The molecule has 1 unspecified atom stereocenters. The molecule has 0 aliphatic heterocycles. The Morgan fingerprint density at radius 3 is 2.85 bits per heavy atom. The van der Waals surface area contributed by atoms with Crippen LogP contribution in [-0.2, 0) is 0 Å². The summed E-state index contributed by atoms with van der Waals surface area (Å²) in [5.41, 5.74) is 0.525. The Morgan fingerprint density at radius 1 is 1.85 bits per heavy atom. The molecule has 70 valence electrons. The molecule has 0 saturated heterocycles. The van der Waals surface area contributed by atoms with Gasteiger partial charge in [-0.05, 0) is 11.6 Å². The van der Waals surface area contributed by atoms with Crippen molar-refractivity contribution in [2.45, 2.75) is 12.2 Å². The van der Waals surface area contributed by atoms with E-state index in [4.69, 9.17) is 11.6 Å². The molecular formula is C8H7ClFNO2. The maximum atomic E-state index is 13.3. The lowest BCUT2D eigenvalue weighted by Gasteiger charge is -2.16. The van der Waals surface area contributed by atoms with Crippen molar-refractivity contribution in [1.82, 2.24) is 0 Å². The van der Waals surface area contributed by atoms with Crippen molar-refractivity contribution in [3.05, 3.63) is 45.5 Å². The predicted octanol–water partition coefficient (Wildman–Crippen LogP) is 2.57. The topological polar surface area (TPSA) is 43.1 Å². The van der Waals surface area contributed by atoms with E-state index in [9.17, 15) is 14.5 Å². The highest BCUT2D eigenvalue weighted by Gasteiger charge is 2.42. The predicted molar refractivity (Wildman–Crippen MR) is 47.7 cm³/mol. The van der Waals surface area contributed by atoms with E-state index >= 15 is 0 Å². The monoisotopic (exact) mass is 203 g/mol. The Bertz CT molecular complexity index is 324. The van der Waals surface area contributed by atoms with Crippen LogP contribution < -0.4 is 0 Å². The second kappa shape index (κ2) is 3.30. The van der Waals surface area contributed by atoms with E-state index in [2.05, 4.69) is 6.58 Å². The number of nitro groups is 1. The summed E-state index contributed by atoms with van der Waals surface area (Å²) < 4.78 is 13.3. The molecule has 0 aromatic rings. The van der Waals surface area contributed by atoms with Crippen LogP contribution in [0.5, 0.6) is 0 Å². The van der Waals surface area contributed by atoms with Crippen LogP contribution in [0.3, 0.4) is 0 Å². The number of nitrogens with zero attached hydrogens (tertiary/aromatic N) is 1. The Kier molecular flexibility index (Phi) is 2.52. The average Bonchev–Trinajstić information content (AvgIpc) is 2.04. The normalized spacial score (nSPS) is 27.5. The first-order chi connectivity index (χ1) is 5.99. The van der Waals surface area contributed by atoms with Crippen LogP contribution in [0.25, 0.3) is 0 Å². The molecule has 1 aliphatic carbocycles. The molecule has 0 spiro atoms. The number of allylic oxidation sites excluding steroid dienone is 3. The molecule has 0 aromatic heterocycles. The standard InChI is InChI=1S/C8H7ClFNO2/c1-2-6-3-4-8(10,11(12)13)5-7(6)9/h2-4H,1,5H2. The highest BCUT2D eigenvalue weighted by Crippen LogP contribution is 2.33. The maximum absolute atomic E-state index is 13.3. The minimum absolute atomic E-state index is 0.122. The van der Waals surface area contributed by atoms with Crippen LogP contribution in [0, 0.1) is 10.1 Å². The number of halogens is 2. The first-order valence-corrected chi connectivity index (χ1v) is 3.91. The van der Waals surface area contributed by atoms with Gasteiger partial charge in [0.15, 0.2) is 0 Å². The van der Waals surface area contributed by atoms with Crippen molar-refractivity contribution < 1.29 is 9.31 Å². The van der Waals surface area contributed by atoms with Gasteiger partial charge in [0.05, 0.1) is 11.3 Å². The molecule has 0 radical (unpaired) electrons. The van der Waals surface area contributed by atoms with Crippen LogP contribution >= 0.6 is 11.6 Å². The molecule has 0 fully saturated rings. The lowest BCUT2D eigenvalue weighted by atomic mass is 10.0. The third-order valence-electron chi connectivity index (χ3n) is 1.76. The largest absolute Gasteiger partial charge is 0.383 e. The van der Waals surface area contributed by atoms with Crippen molar-refractivity contribution in [2.24, 2.45) is 0 Å². The third-order valence-corrected chi connectivity index (χ3v) is 2.11. The zero-order valence-corrected chi connectivity index (χ0v) is 7.42. The molecule has 0 N–H and O–H groups in total. The first-order valence-electron chi connectivity index (χ1n) is 3.53. The van der Waals surface area contributed by atoms with E-state index in [0.29, 0.717) is 5.57 Å². The zero-order chi connectivity index (χ0) is 10.1. The molecular weight excluding hydrogens is 197 g/mol. The Hall–Kier alpha value is -1.16. The third kappa shape index (κ3) is 1.78. The van der Waals surface area contributed by atoms with Crippen molar-refractivity contribution in [1.29, 1.82) is 0 Å². The average molecular weight is 204 g/mol. The zero-order valence-electron chi connectivity index (χ0n) is 6.67. The second-order valence-electron chi connectivity index (χ2n) is 2.65. The van der Waals surface area contributed by atoms with Crippen LogP contribution in [0.15, 0.2) is 35.4 Å². The molecule has 0 bridgehead atoms. The van der Waals surface area contributed by atoms with Gasteiger partial charge in [0.25, 0.3) is 0 Å². The summed E-state index contributed by atoms with van der Waals surface area (Å²) in [5, 5.41) is 10.4. The first kappa shape index (κ1) is 9.92. The lowest BCUT2D eigenvalue weighted by molar-refractivity contribution is -0.589. The molecule has 0 aromatic carbocycles. The van der Waals surface area contributed by atoms with Crippen molar-refractivity contribution in [2.75, 3.05) is 0 Å². The maximum Gasteiger partial charge on any atom is 0.383 e. The Balaban J connectivity index is 2.99. The van der Waals surface area contributed by atoms with E-state index in [-0.39, 0.29) is 5.03 Å². The fraction of sp³-hybridized carbons (Fsp3) is 0.250. The molecule has 5 heteroatoms. The minimum atomic E-state index is -2.57. The smallest absolute Gasteiger partial charge is 0.261 e. The van der Waals surface area contributed by atoms with E-state index in [1.54, 1.807) is 0 Å². The lowest BCUT2D eigenvalue weighted by Crippen LogP contribution is -2.32. The molecule has 3 nitrogen and oxygen atoms in total. The van der Waals surface area contributed by atoms with Crippen LogP contribution in [0.4, 0.5) is 4.39 Å². The van der Waals surface area contributed by atoms with E-state index in [1.807, 2.05) is 0 Å². The van der Waals surface area contributed by atoms with Gasteiger partial charge in [0.1, 0.15) is 0 Å². The SMILES string of the molecule is C=CC1=C(Cl)CC(F)([N+](=O)[O-])C=C1. The summed E-state index contributed by atoms with van der Waals surface area (Å²) in [6.45, 7) is 3.44. The van der Waals surface area contributed by atoms with Crippen LogP contribution in [0.2, 0.25) is 0 Å². The fourth-order valence-electron chi connectivity index (χ4n) is 0.991. The molecule has 0 amide bonds. The van der Waals surface area contributed by atoms with Gasteiger partial charge in [-0.2, -0.15) is 4.39 Å². The van der Waals surface area contributed by atoms with Crippen LogP contribution in [-0.4, -0.2) is 10.7 Å². The molecule has 1 atom stereocenters. The number of alkyl halides is 1. The van der Waals surface area contributed by atoms with Gasteiger partial charge in [-0.15, -0.1) is 0 Å². The second-order valence-corrected chi connectivity index (χ2v) is 3.11. The number of hydrogen-bond donors (Lipinski definition) is 0. The van der Waals surface area contributed by atoms with Crippen molar-refractivity contribution in [3.8, 4) is 0 Å². The highest BCUT2D eigenvalue weighted by atomic mass is 35.5. The van der Waals surface area contributed by atoms with Crippen LogP contribution in [0.1, 0.15) is 6.42 Å². The number of rotatable bonds is 2. The summed E-state index contributed by atoms with van der Waals surface area (Å²) in [6.07, 6.45) is 3.15. The number of hydrogen-bond acceptors (Lipinski definition) is 2. The fourth-order valence-corrected chi connectivity index (χ4v) is 1.32. The summed E-state index contributed by atoms with van der Waals surface area (Å²) in [4.78, 5) is 9.29. The highest BCUT2D eigenvalue weighted by molar-refractivity contribution is 6.30.